The zero-order chi connectivity index (χ0) is 12.1. The fraction of sp³-hybridized carbons (Fsp3) is 1.00. The van der Waals surface area contributed by atoms with Gasteiger partial charge < -0.3 is 5.73 Å². The summed E-state index contributed by atoms with van der Waals surface area (Å²) in [6.07, 6.45) is 5.26. The molecule has 2 unspecified atom stereocenters. The van der Waals surface area contributed by atoms with Crippen LogP contribution in [0.3, 0.4) is 0 Å². The average Bonchev–Trinajstić information content (AvgIpc) is 2.17. The number of hydrogen-bond acceptors (Lipinski definition) is 2. The molecule has 96 valence electrons. The molecule has 0 aromatic rings. The van der Waals surface area contributed by atoms with Crippen molar-refractivity contribution in [2.75, 3.05) is 13.1 Å². The monoisotopic (exact) mass is 226 g/mol. The Morgan fingerprint density at radius 1 is 1.19 bits per heavy atom. The minimum atomic E-state index is 0.763. The highest BCUT2D eigenvalue weighted by molar-refractivity contribution is 4.92. The number of hydrogen-bond donors (Lipinski definition) is 1. The van der Waals surface area contributed by atoms with Gasteiger partial charge in [-0.1, -0.05) is 27.7 Å². The molecule has 0 amide bonds. The summed E-state index contributed by atoms with van der Waals surface area (Å²) in [4.78, 5) is 2.76. The molecule has 0 aliphatic heterocycles. The Morgan fingerprint density at radius 3 is 2.12 bits per heavy atom. The molecule has 16 heavy (non-hydrogen) atoms. The van der Waals surface area contributed by atoms with Crippen LogP contribution in [0.15, 0.2) is 0 Å². The molecule has 2 heteroatoms. The van der Waals surface area contributed by atoms with Gasteiger partial charge in [0.1, 0.15) is 0 Å². The van der Waals surface area contributed by atoms with Crippen LogP contribution in [0.1, 0.15) is 53.4 Å². The normalized spacial score (nSPS) is 25.5. The lowest BCUT2D eigenvalue weighted by Crippen LogP contribution is -2.54. The average molecular weight is 226 g/mol. The molecule has 2 atom stereocenters. The third kappa shape index (κ3) is 3.21. The second-order valence-corrected chi connectivity index (χ2v) is 5.70. The lowest BCUT2D eigenvalue weighted by Gasteiger charge is -2.48. The van der Waals surface area contributed by atoms with Gasteiger partial charge in [-0.25, -0.2) is 0 Å². The van der Waals surface area contributed by atoms with E-state index >= 15 is 0 Å². The third-order valence-electron chi connectivity index (χ3n) is 4.09. The third-order valence-corrected chi connectivity index (χ3v) is 4.09. The molecule has 1 aliphatic rings. The van der Waals surface area contributed by atoms with Gasteiger partial charge in [0.15, 0.2) is 0 Å². The molecule has 0 heterocycles. The summed E-state index contributed by atoms with van der Waals surface area (Å²) in [5.74, 6) is 1.53. The van der Waals surface area contributed by atoms with E-state index in [1.807, 2.05) is 0 Å². The van der Waals surface area contributed by atoms with Crippen molar-refractivity contribution in [1.82, 2.24) is 4.90 Å². The van der Waals surface area contributed by atoms with E-state index in [-0.39, 0.29) is 0 Å². The van der Waals surface area contributed by atoms with E-state index in [9.17, 15) is 0 Å². The van der Waals surface area contributed by atoms with Crippen LogP contribution in [0.25, 0.3) is 0 Å². The van der Waals surface area contributed by atoms with Gasteiger partial charge >= 0.3 is 0 Å². The maximum absolute atomic E-state index is 5.85. The Labute approximate surface area is 102 Å². The van der Waals surface area contributed by atoms with E-state index in [1.54, 1.807) is 0 Å². The molecule has 0 aromatic carbocycles. The molecule has 0 spiro atoms. The Morgan fingerprint density at radius 2 is 1.81 bits per heavy atom. The first-order chi connectivity index (χ1) is 7.63. The summed E-state index contributed by atoms with van der Waals surface area (Å²) in [5.41, 5.74) is 5.85. The molecule has 0 bridgehead atoms. The first-order valence-electron chi connectivity index (χ1n) is 7.09. The van der Waals surface area contributed by atoms with Crippen LogP contribution >= 0.6 is 0 Å². The standard InChI is InChI=1S/C14H30N2/c1-5-13(6-2)16(10-11(3)4)14-8-7-12(14)9-15/h11-14H,5-10,15H2,1-4H3. The van der Waals surface area contributed by atoms with Crippen molar-refractivity contribution in [1.29, 1.82) is 0 Å². The highest BCUT2D eigenvalue weighted by Crippen LogP contribution is 2.34. The Hall–Kier alpha value is -0.0800. The molecule has 1 fully saturated rings. The number of nitrogens with two attached hydrogens (primary N) is 1. The van der Waals surface area contributed by atoms with Crippen molar-refractivity contribution < 1.29 is 0 Å². The van der Waals surface area contributed by atoms with Crippen molar-refractivity contribution in [3.05, 3.63) is 0 Å². The molecule has 0 radical (unpaired) electrons. The highest BCUT2D eigenvalue weighted by Gasteiger charge is 2.36. The molecular weight excluding hydrogens is 196 g/mol. The van der Waals surface area contributed by atoms with E-state index in [0.717, 1.165) is 30.5 Å². The van der Waals surface area contributed by atoms with E-state index in [2.05, 4.69) is 32.6 Å². The summed E-state index contributed by atoms with van der Waals surface area (Å²) < 4.78 is 0. The quantitative estimate of drug-likeness (QED) is 0.723. The van der Waals surface area contributed by atoms with Crippen LogP contribution in [0.5, 0.6) is 0 Å². The molecule has 1 saturated carbocycles. The summed E-state index contributed by atoms with van der Waals surface area (Å²) in [5, 5.41) is 0. The van der Waals surface area contributed by atoms with Crippen molar-refractivity contribution >= 4 is 0 Å². The van der Waals surface area contributed by atoms with Gasteiger partial charge in [0.25, 0.3) is 0 Å². The fourth-order valence-corrected chi connectivity index (χ4v) is 3.00. The molecule has 1 aliphatic carbocycles. The topological polar surface area (TPSA) is 29.3 Å². The van der Waals surface area contributed by atoms with Gasteiger partial charge in [-0.05, 0) is 44.1 Å². The van der Waals surface area contributed by atoms with E-state index in [0.29, 0.717) is 0 Å². The highest BCUT2D eigenvalue weighted by atomic mass is 15.2. The second-order valence-electron chi connectivity index (χ2n) is 5.70. The van der Waals surface area contributed by atoms with E-state index in [4.69, 9.17) is 5.73 Å². The molecule has 0 aromatic heterocycles. The van der Waals surface area contributed by atoms with E-state index in [1.165, 1.54) is 32.2 Å². The van der Waals surface area contributed by atoms with Crippen molar-refractivity contribution in [3.63, 3.8) is 0 Å². The second kappa shape index (κ2) is 6.61. The number of nitrogens with zero attached hydrogens (tertiary/aromatic N) is 1. The summed E-state index contributed by atoms with van der Waals surface area (Å²) in [6, 6.07) is 1.54. The van der Waals surface area contributed by atoms with Crippen LogP contribution in [-0.2, 0) is 0 Å². The predicted octanol–water partition coefficient (Wildman–Crippen LogP) is 2.87. The first-order valence-corrected chi connectivity index (χ1v) is 7.09. The van der Waals surface area contributed by atoms with Gasteiger partial charge in [0.2, 0.25) is 0 Å². The van der Waals surface area contributed by atoms with Crippen LogP contribution in [-0.4, -0.2) is 30.1 Å². The maximum Gasteiger partial charge on any atom is 0.0139 e. The summed E-state index contributed by atoms with van der Waals surface area (Å²) in [7, 11) is 0. The lowest BCUT2D eigenvalue weighted by molar-refractivity contribution is 0.0186. The minimum absolute atomic E-state index is 0.763. The molecule has 1 rings (SSSR count). The van der Waals surface area contributed by atoms with Gasteiger partial charge in [-0.2, -0.15) is 0 Å². The lowest BCUT2D eigenvalue weighted by atomic mass is 9.77. The summed E-state index contributed by atoms with van der Waals surface area (Å²) >= 11 is 0. The molecule has 2 N–H and O–H groups in total. The summed E-state index contributed by atoms with van der Waals surface area (Å²) in [6.45, 7) is 11.4. The Balaban J connectivity index is 2.62. The molecule has 0 saturated heterocycles. The smallest absolute Gasteiger partial charge is 0.0139 e. The zero-order valence-corrected chi connectivity index (χ0v) is 11.6. The van der Waals surface area contributed by atoms with Crippen molar-refractivity contribution in [3.8, 4) is 0 Å². The maximum atomic E-state index is 5.85. The van der Waals surface area contributed by atoms with E-state index < -0.39 is 0 Å². The van der Waals surface area contributed by atoms with Crippen LogP contribution in [0.4, 0.5) is 0 Å². The minimum Gasteiger partial charge on any atom is -0.330 e. The fourth-order valence-electron chi connectivity index (χ4n) is 3.00. The first kappa shape index (κ1) is 14.0. The van der Waals surface area contributed by atoms with Gasteiger partial charge in [0.05, 0.1) is 0 Å². The van der Waals surface area contributed by atoms with Crippen LogP contribution < -0.4 is 5.73 Å². The largest absolute Gasteiger partial charge is 0.330 e. The zero-order valence-electron chi connectivity index (χ0n) is 11.6. The predicted molar refractivity (Wildman–Crippen MR) is 71.5 cm³/mol. The van der Waals surface area contributed by atoms with Gasteiger partial charge in [-0.3, -0.25) is 4.90 Å². The van der Waals surface area contributed by atoms with Crippen LogP contribution in [0.2, 0.25) is 0 Å². The Kier molecular flexibility index (Phi) is 5.77. The van der Waals surface area contributed by atoms with Crippen LogP contribution in [0, 0.1) is 11.8 Å². The Bertz CT molecular complexity index is 185. The number of rotatable bonds is 7. The van der Waals surface area contributed by atoms with Crippen molar-refractivity contribution in [2.24, 2.45) is 17.6 Å². The van der Waals surface area contributed by atoms with Gasteiger partial charge in [-0.15, -0.1) is 0 Å². The molecule has 2 nitrogen and oxygen atoms in total. The van der Waals surface area contributed by atoms with Crippen molar-refractivity contribution in [2.45, 2.75) is 65.5 Å². The molecular formula is C14H30N2. The SMILES string of the molecule is CCC(CC)N(CC(C)C)C1CCC1CN. The van der Waals surface area contributed by atoms with Gasteiger partial charge in [0, 0.05) is 18.6 Å².